The van der Waals surface area contributed by atoms with Crippen molar-refractivity contribution in [3.8, 4) is 0 Å². The maximum absolute atomic E-state index is 11.9. The van der Waals surface area contributed by atoms with E-state index in [0.29, 0.717) is 21.2 Å². The molecule has 0 heterocycles. The van der Waals surface area contributed by atoms with E-state index in [2.05, 4.69) is 5.32 Å². The lowest BCUT2D eigenvalue weighted by Gasteiger charge is -2.16. The largest absolute Gasteiger partial charge is 0.387 e. The molecular weight excluding hydrogens is 325 g/mol. The second kappa shape index (κ2) is 7.61. The number of hydrogen-bond donors (Lipinski definition) is 3. The summed E-state index contributed by atoms with van der Waals surface area (Å²) in [6.07, 6.45) is -2.27. The molecule has 0 aliphatic carbocycles. The molecule has 0 radical (unpaired) electrons. The van der Waals surface area contributed by atoms with Crippen LogP contribution in [0.3, 0.4) is 0 Å². The van der Waals surface area contributed by atoms with Crippen molar-refractivity contribution >= 4 is 29.1 Å². The van der Waals surface area contributed by atoms with Gasteiger partial charge in [0, 0.05) is 22.2 Å². The van der Waals surface area contributed by atoms with Crippen LogP contribution < -0.4 is 5.32 Å². The van der Waals surface area contributed by atoms with E-state index < -0.39 is 18.1 Å². The molecule has 2 unspecified atom stereocenters. The normalized spacial score (nSPS) is 13.5. The first-order valence-corrected chi connectivity index (χ1v) is 7.38. The summed E-state index contributed by atoms with van der Waals surface area (Å²) in [7, 11) is 0. The topological polar surface area (TPSA) is 69.6 Å². The zero-order valence-electron chi connectivity index (χ0n) is 11.5. The van der Waals surface area contributed by atoms with Crippen molar-refractivity contribution in [2.45, 2.75) is 12.2 Å². The molecule has 2 atom stereocenters. The van der Waals surface area contributed by atoms with Gasteiger partial charge in [-0.25, -0.2) is 0 Å². The molecule has 0 saturated heterocycles. The van der Waals surface area contributed by atoms with Crippen LogP contribution in [0, 0.1) is 0 Å². The molecule has 0 aliphatic heterocycles. The molecule has 0 saturated carbocycles. The molecule has 3 N–H and O–H groups in total. The van der Waals surface area contributed by atoms with Crippen LogP contribution in [-0.2, 0) is 4.79 Å². The number of amides is 1. The fraction of sp³-hybridized carbons (Fsp3) is 0.188. The van der Waals surface area contributed by atoms with E-state index >= 15 is 0 Å². The molecule has 6 heteroatoms. The molecule has 1 amide bonds. The van der Waals surface area contributed by atoms with Crippen molar-refractivity contribution in [1.29, 1.82) is 0 Å². The monoisotopic (exact) mass is 339 g/mol. The third-order valence-corrected chi connectivity index (χ3v) is 3.72. The van der Waals surface area contributed by atoms with E-state index in [9.17, 15) is 15.0 Å². The Morgan fingerprint density at radius 1 is 1.09 bits per heavy atom. The Bertz CT molecular complexity index is 649. The molecule has 2 aromatic carbocycles. The standard InChI is InChI=1S/C16H15Cl2NO3/c17-11-6-7-12(13(18)8-11)14(20)9-19-16(22)15(21)10-4-2-1-3-5-10/h1-8,14-15,20-21H,9H2,(H,19,22). The van der Waals surface area contributed by atoms with E-state index in [1.165, 1.54) is 6.07 Å². The number of carbonyl (C=O) groups is 1. The zero-order valence-corrected chi connectivity index (χ0v) is 13.1. The van der Waals surface area contributed by atoms with Crippen molar-refractivity contribution < 1.29 is 15.0 Å². The Hall–Kier alpha value is -1.59. The van der Waals surface area contributed by atoms with Crippen molar-refractivity contribution in [2.24, 2.45) is 0 Å². The third-order valence-electron chi connectivity index (χ3n) is 3.15. The molecule has 0 bridgehead atoms. The number of nitrogens with one attached hydrogen (secondary N) is 1. The first-order valence-electron chi connectivity index (χ1n) is 6.63. The van der Waals surface area contributed by atoms with Crippen LogP contribution in [0.4, 0.5) is 0 Å². The van der Waals surface area contributed by atoms with Gasteiger partial charge >= 0.3 is 0 Å². The molecule has 0 spiro atoms. The van der Waals surface area contributed by atoms with Gasteiger partial charge in [0.1, 0.15) is 0 Å². The van der Waals surface area contributed by atoms with Gasteiger partial charge in [0.05, 0.1) is 6.10 Å². The number of hydrogen-bond acceptors (Lipinski definition) is 3. The van der Waals surface area contributed by atoms with Crippen LogP contribution in [0.25, 0.3) is 0 Å². The van der Waals surface area contributed by atoms with Crippen LogP contribution in [-0.4, -0.2) is 22.7 Å². The Labute approximate surface area is 138 Å². The number of aliphatic hydroxyl groups excluding tert-OH is 2. The Morgan fingerprint density at radius 3 is 2.41 bits per heavy atom. The zero-order chi connectivity index (χ0) is 16.1. The highest BCUT2D eigenvalue weighted by Crippen LogP contribution is 2.26. The molecule has 2 aromatic rings. The van der Waals surface area contributed by atoms with E-state index in [1.807, 2.05) is 0 Å². The third kappa shape index (κ3) is 4.21. The molecule has 4 nitrogen and oxygen atoms in total. The summed E-state index contributed by atoms with van der Waals surface area (Å²) in [6.45, 7) is -0.0654. The second-order valence-electron chi connectivity index (χ2n) is 4.74. The predicted octanol–water partition coefficient (Wildman–Crippen LogP) is 2.88. The predicted molar refractivity (Wildman–Crippen MR) is 85.8 cm³/mol. The van der Waals surface area contributed by atoms with Crippen LogP contribution in [0.5, 0.6) is 0 Å². The molecule has 22 heavy (non-hydrogen) atoms. The van der Waals surface area contributed by atoms with Gasteiger partial charge in [0.15, 0.2) is 6.10 Å². The lowest BCUT2D eigenvalue weighted by atomic mass is 10.1. The van der Waals surface area contributed by atoms with Gasteiger partial charge in [0.25, 0.3) is 5.91 Å². The van der Waals surface area contributed by atoms with Crippen LogP contribution in [0.2, 0.25) is 10.0 Å². The minimum atomic E-state index is -1.28. The molecule has 0 aliphatic rings. The maximum atomic E-state index is 11.9. The number of carbonyl (C=O) groups excluding carboxylic acids is 1. The summed E-state index contributed by atoms with van der Waals surface area (Å²) in [4.78, 5) is 11.9. The van der Waals surface area contributed by atoms with Gasteiger partial charge < -0.3 is 15.5 Å². The quantitative estimate of drug-likeness (QED) is 0.784. The summed E-state index contributed by atoms with van der Waals surface area (Å²) in [5.74, 6) is -0.588. The van der Waals surface area contributed by atoms with E-state index in [0.717, 1.165) is 0 Å². The van der Waals surface area contributed by atoms with Gasteiger partial charge in [-0.1, -0.05) is 59.6 Å². The van der Waals surface area contributed by atoms with E-state index in [4.69, 9.17) is 23.2 Å². The highest BCUT2D eigenvalue weighted by atomic mass is 35.5. The van der Waals surface area contributed by atoms with Gasteiger partial charge in [-0.2, -0.15) is 0 Å². The number of halogens is 2. The summed E-state index contributed by atoms with van der Waals surface area (Å²) in [6, 6.07) is 13.3. The average molecular weight is 340 g/mol. The number of benzene rings is 2. The van der Waals surface area contributed by atoms with Gasteiger partial charge in [0.2, 0.25) is 0 Å². The summed E-state index contributed by atoms with van der Waals surface area (Å²) >= 11 is 11.8. The minimum absolute atomic E-state index is 0.0654. The SMILES string of the molecule is O=C(NCC(O)c1ccc(Cl)cc1Cl)C(O)c1ccccc1. The van der Waals surface area contributed by atoms with E-state index in [-0.39, 0.29) is 6.54 Å². The summed E-state index contributed by atoms with van der Waals surface area (Å²) < 4.78 is 0. The van der Waals surface area contributed by atoms with Crippen molar-refractivity contribution in [2.75, 3.05) is 6.54 Å². The molecule has 116 valence electrons. The Balaban J connectivity index is 1.96. The average Bonchev–Trinajstić information content (AvgIpc) is 2.52. The van der Waals surface area contributed by atoms with Gasteiger partial charge in [-0.3, -0.25) is 4.79 Å². The first-order chi connectivity index (χ1) is 10.5. The lowest BCUT2D eigenvalue weighted by Crippen LogP contribution is -2.32. The van der Waals surface area contributed by atoms with Crippen LogP contribution in [0.15, 0.2) is 48.5 Å². The summed E-state index contributed by atoms with van der Waals surface area (Å²) in [5.41, 5.74) is 0.944. The highest BCUT2D eigenvalue weighted by Gasteiger charge is 2.19. The van der Waals surface area contributed by atoms with Crippen molar-refractivity contribution in [1.82, 2.24) is 5.32 Å². The van der Waals surface area contributed by atoms with Crippen molar-refractivity contribution in [3.05, 3.63) is 69.7 Å². The highest BCUT2D eigenvalue weighted by molar-refractivity contribution is 6.35. The van der Waals surface area contributed by atoms with E-state index in [1.54, 1.807) is 42.5 Å². The Morgan fingerprint density at radius 2 is 1.77 bits per heavy atom. The minimum Gasteiger partial charge on any atom is -0.387 e. The Kier molecular flexibility index (Phi) is 5.80. The fourth-order valence-corrected chi connectivity index (χ4v) is 2.50. The smallest absolute Gasteiger partial charge is 0.253 e. The molecule has 0 fully saturated rings. The lowest BCUT2D eigenvalue weighted by molar-refractivity contribution is -0.130. The first kappa shape index (κ1) is 16.8. The molecular formula is C16H15Cl2NO3. The summed E-state index contributed by atoms with van der Waals surface area (Å²) in [5, 5.41) is 23.3. The fourth-order valence-electron chi connectivity index (χ4n) is 1.96. The van der Waals surface area contributed by atoms with Crippen LogP contribution in [0.1, 0.15) is 23.3 Å². The maximum Gasteiger partial charge on any atom is 0.253 e. The second-order valence-corrected chi connectivity index (χ2v) is 5.58. The van der Waals surface area contributed by atoms with Crippen molar-refractivity contribution in [3.63, 3.8) is 0 Å². The number of rotatable bonds is 5. The molecule has 0 aromatic heterocycles. The number of aliphatic hydroxyl groups is 2. The van der Waals surface area contributed by atoms with Crippen LogP contribution >= 0.6 is 23.2 Å². The molecule has 2 rings (SSSR count). The van der Waals surface area contributed by atoms with Gasteiger partial charge in [-0.05, 0) is 17.7 Å². The van der Waals surface area contributed by atoms with Gasteiger partial charge in [-0.15, -0.1) is 0 Å².